The van der Waals surface area contributed by atoms with Gasteiger partial charge in [0.05, 0.1) is 7.11 Å². The molecule has 1 aromatic heterocycles. The number of thioether (sulfide) groups is 1. The largest absolute Gasteiger partial charge is 0.497 e. The van der Waals surface area contributed by atoms with Crippen molar-refractivity contribution in [2.24, 2.45) is 0 Å². The lowest BCUT2D eigenvalue weighted by atomic mass is 10.1. The van der Waals surface area contributed by atoms with E-state index in [0.717, 1.165) is 23.0 Å². The highest BCUT2D eigenvalue weighted by atomic mass is 32.2. The summed E-state index contributed by atoms with van der Waals surface area (Å²) < 4.78 is 20.6. The van der Waals surface area contributed by atoms with Crippen LogP contribution in [-0.4, -0.2) is 41.3 Å². The number of nitrogens with zero attached hydrogens (tertiary/aromatic N) is 3. The molecule has 0 spiro atoms. The number of hydrogen-bond acceptors (Lipinski definition) is 9. The normalized spacial score (nSPS) is 10.9. The molecule has 0 bridgehead atoms. The molecule has 1 heterocycles. The van der Waals surface area contributed by atoms with Crippen molar-refractivity contribution in [3.05, 3.63) is 59.7 Å². The molecule has 1 N–H and O–H groups in total. The molecule has 0 atom stereocenters. The number of methoxy groups -OCH3 is 1. The number of rotatable bonds is 11. The smallest absolute Gasteiger partial charge is 0.268 e. The summed E-state index contributed by atoms with van der Waals surface area (Å²) in [5, 5.41) is 13.0. The Hall–Kier alpha value is -3.55. The number of nitriles is 1. The van der Waals surface area contributed by atoms with Crippen molar-refractivity contribution in [1.82, 2.24) is 9.36 Å². The van der Waals surface area contributed by atoms with Crippen LogP contribution in [0.15, 0.2) is 59.3 Å². The van der Waals surface area contributed by atoms with Gasteiger partial charge in [-0.15, -0.1) is 0 Å². The maximum atomic E-state index is 12.4. The average molecular weight is 483 g/mol. The van der Waals surface area contributed by atoms with E-state index in [0.29, 0.717) is 40.6 Å². The maximum Gasteiger partial charge on any atom is 0.268 e. The summed E-state index contributed by atoms with van der Waals surface area (Å²) in [5.74, 6) is 2.39. The standard InChI is InChI=1S/C23H22N4O4S2/c1-3-32-23-26-22(33-27-23)25-21(28)17(15-24)13-16-7-9-18(10-8-16)30-11-12-31-20-6-4-5-19(14-20)29-2/h4-10,13-14H,3,11-12H2,1-2H3,(H,25,26,27,28). The Morgan fingerprint density at radius 3 is 2.58 bits per heavy atom. The fraction of sp³-hybridized carbons (Fsp3) is 0.217. The van der Waals surface area contributed by atoms with Crippen molar-refractivity contribution < 1.29 is 19.0 Å². The number of nitrogens with one attached hydrogen (secondary N) is 1. The van der Waals surface area contributed by atoms with Gasteiger partial charge in [-0.2, -0.15) is 14.6 Å². The molecule has 0 unspecified atom stereocenters. The first-order valence-electron chi connectivity index (χ1n) is 10.0. The zero-order chi connectivity index (χ0) is 23.5. The van der Waals surface area contributed by atoms with E-state index < -0.39 is 5.91 Å². The number of carbonyl (C=O) groups excluding carboxylic acids is 1. The number of benzene rings is 2. The second-order valence-electron chi connectivity index (χ2n) is 6.38. The van der Waals surface area contributed by atoms with Gasteiger partial charge in [-0.05, 0) is 41.7 Å². The number of anilines is 1. The summed E-state index contributed by atoms with van der Waals surface area (Å²) >= 11 is 2.56. The summed E-state index contributed by atoms with van der Waals surface area (Å²) in [5.41, 5.74) is 0.663. The first-order valence-corrected chi connectivity index (χ1v) is 11.8. The van der Waals surface area contributed by atoms with E-state index in [2.05, 4.69) is 14.7 Å². The number of amides is 1. The van der Waals surface area contributed by atoms with Crippen molar-refractivity contribution in [2.45, 2.75) is 12.1 Å². The number of carbonyl (C=O) groups is 1. The zero-order valence-corrected chi connectivity index (χ0v) is 19.7. The third-order valence-corrected chi connectivity index (χ3v) is 5.59. The third-order valence-electron chi connectivity index (χ3n) is 4.12. The van der Waals surface area contributed by atoms with E-state index in [1.54, 1.807) is 37.4 Å². The molecule has 0 aliphatic carbocycles. The lowest BCUT2D eigenvalue weighted by molar-refractivity contribution is -0.112. The van der Waals surface area contributed by atoms with Gasteiger partial charge in [0.25, 0.3) is 5.91 Å². The van der Waals surface area contributed by atoms with E-state index in [1.165, 1.54) is 17.8 Å². The van der Waals surface area contributed by atoms with Crippen LogP contribution in [0.3, 0.4) is 0 Å². The Labute approximate surface area is 200 Å². The lowest BCUT2D eigenvalue weighted by Gasteiger charge is -2.09. The van der Waals surface area contributed by atoms with Crippen LogP contribution in [0.5, 0.6) is 17.2 Å². The van der Waals surface area contributed by atoms with Crippen LogP contribution in [0.25, 0.3) is 6.08 Å². The average Bonchev–Trinajstić information content (AvgIpc) is 3.28. The Kier molecular flexibility index (Phi) is 9.11. The molecule has 0 fully saturated rings. The van der Waals surface area contributed by atoms with Crippen molar-refractivity contribution in [3.8, 4) is 23.3 Å². The van der Waals surface area contributed by atoms with Crippen LogP contribution in [0.1, 0.15) is 12.5 Å². The number of ether oxygens (including phenoxy) is 3. The van der Waals surface area contributed by atoms with Crippen molar-refractivity contribution in [1.29, 1.82) is 5.26 Å². The van der Waals surface area contributed by atoms with E-state index in [4.69, 9.17) is 14.2 Å². The molecule has 33 heavy (non-hydrogen) atoms. The van der Waals surface area contributed by atoms with Gasteiger partial charge in [-0.3, -0.25) is 10.1 Å². The summed E-state index contributed by atoms with van der Waals surface area (Å²) in [6.45, 7) is 2.73. The molecule has 10 heteroatoms. The molecule has 0 aliphatic heterocycles. The van der Waals surface area contributed by atoms with Gasteiger partial charge >= 0.3 is 0 Å². The molecule has 1 amide bonds. The molecule has 8 nitrogen and oxygen atoms in total. The van der Waals surface area contributed by atoms with Crippen LogP contribution in [-0.2, 0) is 4.79 Å². The minimum absolute atomic E-state index is 0.0322. The monoisotopic (exact) mass is 482 g/mol. The van der Waals surface area contributed by atoms with Crippen molar-refractivity contribution in [2.75, 3.05) is 31.4 Å². The minimum Gasteiger partial charge on any atom is -0.497 e. The molecular formula is C23H22N4O4S2. The molecular weight excluding hydrogens is 460 g/mol. The number of aromatic nitrogens is 2. The fourth-order valence-corrected chi connectivity index (χ4v) is 3.86. The Bertz CT molecular complexity index is 1140. The highest BCUT2D eigenvalue weighted by Gasteiger charge is 2.13. The minimum atomic E-state index is -0.531. The van der Waals surface area contributed by atoms with E-state index in [-0.39, 0.29) is 5.57 Å². The summed E-state index contributed by atoms with van der Waals surface area (Å²) in [6.07, 6.45) is 1.51. The van der Waals surface area contributed by atoms with Crippen molar-refractivity contribution >= 4 is 40.4 Å². The second-order valence-corrected chi connectivity index (χ2v) is 8.37. The Balaban J connectivity index is 1.51. The summed E-state index contributed by atoms with van der Waals surface area (Å²) in [7, 11) is 1.60. The maximum absolute atomic E-state index is 12.4. The topological polar surface area (TPSA) is 106 Å². The predicted molar refractivity (Wildman–Crippen MR) is 129 cm³/mol. The first kappa shape index (κ1) is 24.1. The van der Waals surface area contributed by atoms with Gasteiger partial charge < -0.3 is 14.2 Å². The molecule has 0 aliphatic rings. The third kappa shape index (κ3) is 7.52. The molecule has 0 saturated carbocycles. The highest BCUT2D eigenvalue weighted by molar-refractivity contribution is 7.99. The number of hydrogen-bond donors (Lipinski definition) is 1. The lowest BCUT2D eigenvalue weighted by Crippen LogP contribution is -2.13. The highest BCUT2D eigenvalue weighted by Crippen LogP contribution is 2.21. The molecule has 0 radical (unpaired) electrons. The Morgan fingerprint density at radius 2 is 1.88 bits per heavy atom. The van der Waals surface area contributed by atoms with Gasteiger partial charge in [-0.25, -0.2) is 0 Å². The quantitative estimate of drug-likeness (QED) is 0.182. The summed E-state index contributed by atoms with van der Waals surface area (Å²) in [6, 6.07) is 16.3. The van der Waals surface area contributed by atoms with Crippen LogP contribution in [0.2, 0.25) is 0 Å². The summed E-state index contributed by atoms with van der Waals surface area (Å²) in [4.78, 5) is 16.6. The van der Waals surface area contributed by atoms with Gasteiger partial charge in [0, 0.05) is 17.6 Å². The van der Waals surface area contributed by atoms with E-state index in [9.17, 15) is 10.1 Å². The van der Waals surface area contributed by atoms with E-state index in [1.807, 2.05) is 31.2 Å². The van der Waals surface area contributed by atoms with Gasteiger partial charge in [-0.1, -0.05) is 36.9 Å². The van der Waals surface area contributed by atoms with Crippen LogP contribution in [0, 0.1) is 11.3 Å². The fourth-order valence-electron chi connectivity index (χ4n) is 2.60. The van der Waals surface area contributed by atoms with Crippen LogP contribution < -0.4 is 19.5 Å². The molecule has 170 valence electrons. The SMILES string of the molecule is CCSc1nsc(NC(=O)C(C#N)=Cc2ccc(OCCOc3cccc(OC)c3)cc2)n1. The van der Waals surface area contributed by atoms with Gasteiger partial charge in [0.1, 0.15) is 42.1 Å². The van der Waals surface area contributed by atoms with E-state index >= 15 is 0 Å². The molecule has 3 aromatic rings. The molecule has 3 rings (SSSR count). The van der Waals surface area contributed by atoms with Crippen molar-refractivity contribution in [3.63, 3.8) is 0 Å². The Morgan fingerprint density at radius 1 is 1.15 bits per heavy atom. The molecule has 0 saturated heterocycles. The molecule has 2 aromatic carbocycles. The predicted octanol–water partition coefficient (Wildman–Crippen LogP) is 4.66. The van der Waals surface area contributed by atoms with Crippen LogP contribution >= 0.6 is 23.3 Å². The van der Waals surface area contributed by atoms with Gasteiger partial charge in [0.15, 0.2) is 0 Å². The van der Waals surface area contributed by atoms with Crippen LogP contribution in [0.4, 0.5) is 5.13 Å². The zero-order valence-electron chi connectivity index (χ0n) is 18.1. The van der Waals surface area contributed by atoms with Gasteiger partial charge in [0.2, 0.25) is 10.3 Å². The second kappa shape index (κ2) is 12.5. The first-order chi connectivity index (χ1) is 16.1.